The van der Waals surface area contributed by atoms with Crippen molar-refractivity contribution >= 4 is 12.1 Å². The highest BCUT2D eigenvalue weighted by Crippen LogP contribution is 2.02. The Morgan fingerprint density at radius 1 is 1.15 bits per heavy atom. The Morgan fingerprint density at radius 2 is 1.95 bits per heavy atom. The van der Waals surface area contributed by atoms with Gasteiger partial charge in [-0.15, -0.1) is 0 Å². The van der Waals surface area contributed by atoms with E-state index in [1.807, 2.05) is 30.3 Å². The summed E-state index contributed by atoms with van der Waals surface area (Å²) in [5.41, 5.74) is 3.34. The molecule has 4 heteroatoms. The van der Waals surface area contributed by atoms with Gasteiger partial charge in [-0.05, 0) is 36.3 Å². The summed E-state index contributed by atoms with van der Waals surface area (Å²) >= 11 is 0. The van der Waals surface area contributed by atoms with Crippen molar-refractivity contribution in [2.75, 3.05) is 0 Å². The van der Waals surface area contributed by atoms with E-state index in [2.05, 4.69) is 22.4 Å². The molecule has 0 saturated carbocycles. The fourth-order valence-corrected chi connectivity index (χ4v) is 1.45. The number of benzene rings is 2. The molecule has 0 spiro atoms. The third kappa shape index (κ3) is 4.07. The summed E-state index contributed by atoms with van der Waals surface area (Å²) in [7, 11) is 0. The van der Waals surface area contributed by atoms with Gasteiger partial charge in [-0.2, -0.15) is 5.10 Å². The molecule has 0 heterocycles. The predicted octanol–water partition coefficient (Wildman–Crippen LogP) is 2.59. The number of hydrogen-bond donors (Lipinski definition) is 1. The number of hydrazone groups is 1. The van der Waals surface area contributed by atoms with E-state index in [0.29, 0.717) is 0 Å². The van der Waals surface area contributed by atoms with Gasteiger partial charge in [0.1, 0.15) is 5.82 Å². The van der Waals surface area contributed by atoms with Gasteiger partial charge in [-0.25, -0.2) is 9.82 Å². The Hall–Kier alpha value is -2.93. The molecular weight excluding hydrogens is 255 g/mol. The maximum Gasteiger partial charge on any atom is 0.271 e. The summed E-state index contributed by atoms with van der Waals surface area (Å²) < 4.78 is 12.9. The van der Waals surface area contributed by atoms with Crippen LogP contribution in [0, 0.1) is 17.7 Å². The summed E-state index contributed by atoms with van der Waals surface area (Å²) in [4.78, 5) is 11.6. The van der Waals surface area contributed by atoms with Crippen molar-refractivity contribution in [3.63, 3.8) is 0 Å². The molecule has 0 aliphatic rings. The molecule has 2 rings (SSSR count). The molecule has 0 saturated heterocycles. The Kier molecular flexibility index (Phi) is 4.63. The molecule has 0 fully saturated rings. The molecule has 0 atom stereocenters. The van der Waals surface area contributed by atoms with Gasteiger partial charge in [0.2, 0.25) is 0 Å². The second-order valence-electron chi connectivity index (χ2n) is 3.84. The lowest BCUT2D eigenvalue weighted by molar-refractivity contribution is 0.0954. The smallest absolute Gasteiger partial charge is 0.267 e. The van der Waals surface area contributed by atoms with Gasteiger partial charge in [0.15, 0.2) is 0 Å². The molecule has 0 bridgehead atoms. The van der Waals surface area contributed by atoms with E-state index in [1.165, 1.54) is 24.4 Å². The molecule has 0 unspecified atom stereocenters. The van der Waals surface area contributed by atoms with Gasteiger partial charge in [0.05, 0.1) is 6.21 Å². The number of carbonyl (C=O) groups excluding carboxylic acids is 1. The Balaban J connectivity index is 1.91. The van der Waals surface area contributed by atoms with Gasteiger partial charge in [-0.1, -0.05) is 30.2 Å². The van der Waals surface area contributed by atoms with Crippen molar-refractivity contribution < 1.29 is 9.18 Å². The molecule has 2 aromatic rings. The normalized spacial score (nSPS) is 9.85. The van der Waals surface area contributed by atoms with Crippen LogP contribution in [0.15, 0.2) is 59.7 Å². The summed E-state index contributed by atoms with van der Waals surface area (Å²) in [6.45, 7) is 0. The molecule has 0 aliphatic carbocycles. The topological polar surface area (TPSA) is 41.5 Å². The molecule has 0 aromatic heterocycles. The molecule has 98 valence electrons. The van der Waals surface area contributed by atoms with Crippen LogP contribution < -0.4 is 5.43 Å². The molecule has 3 nitrogen and oxygen atoms in total. The van der Waals surface area contributed by atoms with Crippen LogP contribution in [0.1, 0.15) is 15.9 Å². The molecule has 0 radical (unpaired) electrons. The second-order valence-corrected chi connectivity index (χ2v) is 3.84. The molecular formula is C16H11FN2O. The van der Waals surface area contributed by atoms with Gasteiger partial charge >= 0.3 is 0 Å². The van der Waals surface area contributed by atoms with E-state index in [1.54, 1.807) is 0 Å². The largest absolute Gasteiger partial charge is 0.271 e. The molecule has 1 amide bonds. The van der Waals surface area contributed by atoms with Gasteiger partial charge in [0, 0.05) is 11.1 Å². The fourth-order valence-electron chi connectivity index (χ4n) is 1.45. The number of rotatable bonds is 2. The van der Waals surface area contributed by atoms with Crippen LogP contribution >= 0.6 is 0 Å². The lowest BCUT2D eigenvalue weighted by Crippen LogP contribution is -2.17. The summed E-state index contributed by atoms with van der Waals surface area (Å²) in [6.07, 6.45) is 1.28. The third-order valence-electron chi connectivity index (χ3n) is 2.37. The first-order valence-corrected chi connectivity index (χ1v) is 5.90. The molecule has 2 aromatic carbocycles. The van der Waals surface area contributed by atoms with Crippen molar-refractivity contribution in [3.8, 4) is 11.8 Å². The van der Waals surface area contributed by atoms with Gasteiger partial charge in [0.25, 0.3) is 5.91 Å². The first-order valence-electron chi connectivity index (χ1n) is 5.90. The highest BCUT2D eigenvalue weighted by atomic mass is 19.1. The van der Waals surface area contributed by atoms with E-state index in [4.69, 9.17) is 0 Å². The number of amides is 1. The molecule has 0 aliphatic heterocycles. The zero-order valence-corrected chi connectivity index (χ0v) is 10.5. The third-order valence-corrected chi connectivity index (χ3v) is 2.37. The zero-order chi connectivity index (χ0) is 14.2. The average Bonchev–Trinajstić information content (AvgIpc) is 2.48. The average molecular weight is 266 g/mol. The maximum absolute atomic E-state index is 12.9. The summed E-state index contributed by atoms with van der Waals surface area (Å²) in [5, 5.41) is 3.67. The fraction of sp³-hybridized carbons (Fsp3) is 0. The predicted molar refractivity (Wildman–Crippen MR) is 75.7 cm³/mol. The number of hydrogen-bond acceptors (Lipinski definition) is 2. The monoisotopic (exact) mass is 266 g/mol. The van der Waals surface area contributed by atoms with Crippen LogP contribution in [-0.4, -0.2) is 12.1 Å². The summed E-state index contributed by atoms with van der Waals surface area (Å²) in [6, 6.07) is 14.8. The zero-order valence-electron chi connectivity index (χ0n) is 10.5. The summed E-state index contributed by atoms with van der Waals surface area (Å²) in [5.74, 6) is 4.59. The number of nitrogens with one attached hydrogen (secondary N) is 1. The SMILES string of the molecule is O=C(N/N=C/C#Cc1ccccc1)c1cccc(F)c1. The molecule has 20 heavy (non-hydrogen) atoms. The highest BCUT2D eigenvalue weighted by Gasteiger charge is 2.03. The number of halogens is 1. The Morgan fingerprint density at radius 3 is 2.70 bits per heavy atom. The van der Waals surface area contributed by atoms with E-state index in [9.17, 15) is 9.18 Å². The van der Waals surface area contributed by atoms with Crippen LogP contribution in [0.4, 0.5) is 4.39 Å². The van der Waals surface area contributed by atoms with Crippen LogP contribution in [0.3, 0.4) is 0 Å². The number of nitrogens with zero attached hydrogens (tertiary/aromatic N) is 1. The van der Waals surface area contributed by atoms with E-state index in [-0.39, 0.29) is 5.56 Å². The highest BCUT2D eigenvalue weighted by molar-refractivity contribution is 5.94. The van der Waals surface area contributed by atoms with E-state index in [0.717, 1.165) is 11.6 Å². The van der Waals surface area contributed by atoms with Crippen molar-refractivity contribution in [3.05, 3.63) is 71.5 Å². The second kappa shape index (κ2) is 6.86. The molecule has 1 N–H and O–H groups in total. The van der Waals surface area contributed by atoms with Crippen LogP contribution in [-0.2, 0) is 0 Å². The standard InChI is InChI=1S/C16H11FN2O/c17-15-10-4-9-14(12-15)16(20)19-18-11-5-8-13-6-2-1-3-7-13/h1-4,6-7,9-12H,(H,19,20)/b18-11+. The van der Waals surface area contributed by atoms with Crippen LogP contribution in [0.2, 0.25) is 0 Å². The van der Waals surface area contributed by atoms with E-state index < -0.39 is 11.7 Å². The minimum Gasteiger partial charge on any atom is -0.267 e. The quantitative estimate of drug-likeness (QED) is 0.506. The van der Waals surface area contributed by atoms with Crippen molar-refractivity contribution in [2.24, 2.45) is 5.10 Å². The first-order chi connectivity index (χ1) is 9.75. The lowest BCUT2D eigenvalue weighted by Gasteiger charge is -1.98. The Labute approximate surface area is 116 Å². The van der Waals surface area contributed by atoms with Crippen molar-refractivity contribution in [1.29, 1.82) is 0 Å². The maximum atomic E-state index is 12.9. The lowest BCUT2D eigenvalue weighted by atomic mass is 10.2. The van der Waals surface area contributed by atoms with Gasteiger partial charge in [-0.3, -0.25) is 4.79 Å². The van der Waals surface area contributed by atoms with Crippen LogP contribution in [0.5, 0.6) is 0 Å². The first kappa shape index (κ1) is 13.5. The minimum atomic E-state index is -0.484. The minimum absolute atomic E-state index is 0.207. The van der Waals surface area contributed by atoms with Crippen molar-refractivity contribution in [2.45, 2.75) is 0 Å². The number of carbonyl (C=O) groups is 1. The Bertz CT molecular complexity index is 684. The van der Waals surface area contributed by atoms with Crippen molar-refractivity contribution in [1.82, 2.24) is 5.43 Å². The van der Waals surface area contributed by atoms with Gasteiger partial charge < -0.3 is 0 Å². The van der Waals surface area contributed by atoms with Crippen LogP contribution in [0.25, 0.3) is 0 Å². The van der Waals surface area contributed by atoms with E-state index >= 15 is 0 Å².